The van der Waals surface area contributed by atoms with Gasteiger partial charge in [0, 0.05) is 13.0 Å². The third kappa shape index (κ3) is 3.19. The zero-order valence-electron chi connectivity index (χ0n) is 11.0. The van der Waals surface area contributed by atoms with Crippen LogP contribution < -0.4 is 11.1 Å². The van der Waals surface area contributed by atoms with Crippen molar-refractivity contribution in [1.29, 1.82) is 0 Å². The van der Waals surface area contributed by atoms with E-state index in [9.17, 15) is 20.0 Å². The molecule has 1 amide bonds. The van der Waals surface area contributed by atoms with Gasteiger partial charge in [-0.05, 0) is 0 Å². The maximum Gasteiger partial charge on any atom is 0.334 e. The summed E-state index contributed by atoms with van der Waals surface area (Å²) in [6.07, 6.45) is -1.42. The van der Waals surface area contributed by atoms with E-state index in [0.717, 1.165) is 0 Å². The smallest absolute Gasteiger partial charge is 0.334 e. The Labute approximate surface area is 109 Å². The highest BCUT2D eigenvalue weighted by Crippen LogP contribution is 2.32. The van der Waals surface area contributed by atoms with Crippen LogP contribution in [0.25, 0.3) is 0 Å². The van der Waals surface area contributed by atoms with Crippen molar-refractivity contribution in [2.45, 2.75) is 25.9 Å². The Morgan fingerprint density at radius 3 is 2.63 bits per heavy atom. The molecule has 1 aromatic heterocycles. The molecular formula is C10H17N5O4. The molecule has 0 aromatic carbocycles. The highest BCUT2D eigenvalue weighted by Gasteiger charge is 2.28. The lowest BCUT2D eigenvalue weighted by Crippen LogP contribution is -2.34. The van der Waals surface area contributed by atoms with Gasteiger partial charge in [0.1, 0.15) is 11.8 Å². The molecule has 0 fully saturated rings. The molecule has 19 heavy (non-hydrogen) atoms. The van der Waals surface area contributed by atoms with E-state index in [4.69, 9.17) is 5.73 Å². The summed E-state index contributed by atoms with van der Waals surface area (Å²) in [4.78, 5) is 21.3. The van der Waals surface area contributed by atoms with Crippen LogP contribution in [0.15, 0.2) is 0 Å². The quantitative estimate of drug-likeness (QED) is 0.480. The number of carbonyl (C=O) groups excluding carboxylic acids is 1. The van der Waals surface area contributed by atoms with E-state index in [0.29, 0.717) is 5.69 Å². The number of aliphatic hydroxyl groups is 1. The van der Waals surface area contributed by atoms with Crippen LogP contribution in [0.1, 0.15) is 25.5 Å². The number of nitro groups is 1. The summed E-state index contributed by atoms with van der Waals surface area (Å²) in [6.45, 7) is 3.36. The maximum atomic E-state index is 11.1. The highest BCUT2D eigenvalue weighted by molar-refractivity contribution is 5.79. The zero-order valence-corrected chi connectivity index (χ0v) is 11.0. The largest absolute Gasteiger partial charge is 0.381 e. The van der Waals surface area contributed by atoms with Crippen molar-refractivity contribution in [3.05, 3.63) is 15.8 Å². The molecule has 4 N–H and O–H groups in total. The fourth-order valence-electron chi connectivity index (χ4n) is 1.59. The van der Waals surface area contributed by atoms with E-state index in [2.05, 4.69) is 10.4 Å². The second-order valence-electron chi connectivity index (χ2n) is 4.42. The first-order chi connectivity index (χ1) is 8.75. The van der Waals surface area contributed by atoms with Crippen LogP contribution in [0.3, 0.4) is 0 Å². The Kier molecular flexibility index (Phi) is 4.43. The first-order valence-corrected chi connectivity index (χ1v) is 5.68. The van der Waals surface area contributed by atoms with Crippen LogP contribution in [-0.2, 0) is 11.8 Å². The topological polar surface area (TPSA) is 136 Å². The third-order valence-electron chi connectivity index (χ3n) is 2.57. The molecule has 0 radical (unpaired) electrons. The highest BCUT2D eigenvalue weighted by atomic mass is 16.6. The number of primary amides is 1. The first kappa shape index (κ1) is 14.9. The summed E-state index contributed by atoms with van der Waals surface area (Å²) in [5, 5.41) is 27.1. The van der Waals surface area contributed by atoms with E-state index < -0.39 is 16.9 Å². The van der Waals surface area contributed by atoms with Crippen molar-refractivity contribution in [1.82, 2.24) is 9.78 Å². The van der Waals surface area contributed by atoms with Crippen LogP contribution in [-0.4, -0.2) is 38.4 Å². The number of nitrogens with two attached hydrogens (primary N) is 1. The molecule has 1 heterocycles. The second kappa shape index (κ2) is 5.65. The van der Waals surface area contributed by atoms with Gasteiger partial charge in [0.05, 0.1) is 11.5 Å². The molecule has 1 atom stereocenters. The van der Waals surface area contributed by atoms with Gasteiger partial charge < -0.3 is 16.2 Å². The van der Waals surface area contributed by atoms with Crippen molar-refractivity contribution in [2.24, 2.45) is 12.8 Å². The van der Waals surface area contributed by atoms with Gasteiger partial charge in [0.2, 0.25) is 11.7 Å². The minimum Gasteiger partial charge on any atom is -0.381 e. The number of aliphatic hydroxyl groups excluding tert-OH is 1. The fraction of sp³-hybridized carbons (Fsp3) is 0.600. The number of aromatic nitrogens is 2. The molecule has 0 spiro atoms. The molecular weight excluding hydrogens is 254 g/mol. The predicted octanol–water partition coefficient (Wildman–Crippen LogP) is -0.290. The molecule has 1 rings (SSSR count). The number of amides is 1. The van der Waals surface area contributed by atoms with Gasteiger partial charge in [-0.2, -0.15) is 5.10 Å². The van der Waals surface area contributed by atoms with Crippen LogP contribution in [0.5, 0.6) is 0 Å². The molecule has 0 aliphatic carbocycles. The van der Waals surface area contributed by atoms with Crippen molar-refractivity contribution in [2.75, 3.05) is 11.9 Å². The number of carbonyl (C=O) groups is 1. The van der Waals surface area contributed by atoms with Crippen LogP contribution in [0.2, 0.25) is 0 Å². The normalized spacial score (nSPS) is 12.5. The molecule has 9 heteroatoms. The van der Waals surface area contributed by atoms with Crippen molar-refractivity contribution < 1.29 is 14.8 Å². The molecule has 0 saturated carbocycles. The van der Waals surface area contributed by atoms with Gasteiger partial charge in [-0.15, -0.1) is 0 Å². The summed E-state index contributed by atoms with van der Waals surface area (Å²) < 4.78 is 1.31. The molecule has 0 aliphatic heterocycles. The Morgan fingerprint density at radius 1 is 1.63 bits per heavy atom. The van der Waals surface area contributed by atoms with Crippen molar-refractivity contribution >= 4 is 17.4 Å². The lowest BCUT2D eigenvalue weighted by Gasteiger charge is -2.09. The Hall–Kier alpha value is -2.16. The van der Waals surface area contributed by atoms with Gasteiger partial charge in [-0.3, -0.25) is 14.9 Å². The van der Waals surface area contributed by atoms with Crippen LogP contribution in [0, 0.1) is 10.1 Å². The molecule has 0 aliphatic rings. The number of hydrogen-bond donors (Lipinski definition) is 3. The van der Waals surface area contributed by atoms with E-state index in [1.165, 1.54) is 11.7 Å². The summed E-state index contributed by atoms with van der Waals surface area (Å²) in [7, 11) is 1.54. The number of rotatable bonds is 6. The van der Waals surface area contributed by atoms with Gasteiger partial charge in [-0.1, -0.05) is 13.8 Å². The average Bonchev–Trinajstić information content (AvgIpc) is 2.63. The maximum absolute atomic E-state index is 11.1. The average molecular weight is 271 g/mol. The second-order valence-corrected chi connectivity index (χ2v) is 4.42. The Morgan fingerprint density at radius 2 is 2.21 bits per heavy atom. The lowest BCUT2D eigenvalue weighted by molar-refractivity contribution is -0.384. The van der Waals surface area contributed by atoms with Crippen LogP contribution in [0.4, 0.5) is 11.5 Å². The molecule has 9 nitrogen and oxygen atoms in total. The predicted molar refractivity (Wildman–Crippen MR) is 67.6 cm³/mol. The first-order valence-electron chi connectivity index (χ1n) is 5.68. The van der Waals surface area contributed by atoms with Gasteiger partial charge in [-0.25, -0.2) is 4.68 Å². The fourth-order valence-corrected chi connectivity index (χ4v) is 1.59. The standard InChI is InChI=1S/C10H17N5O4/c1-5(2)7-8(15(18)19)10(14(3)13-7)12-4-6(16)9(11)17/h5-6,12,16H,4H2,1-3H3,(H2,11,17). The summed E-state index contributed by atoms with van der Waals surface area (Å²) in [5.41, 5.74) is 5.08. The Balaban J connectivity index is 3.06. The van der Waals surface area contributed by atoms with E-state index in [1.807, 2.05) is 0 Å². The number of nitrogens with one attached hydrogen (secondary N) is 1. The lowest BCUT2D eigenvalue weighted by atomic mass is 10.1. The van der Waals surface area contributed by atoms with Gasteiger partial charge in [0.15, 0.2) is 0 Å². The van der Waals surface area contributed by atoms with E-state index in [-0.39, 0.29) is 24.0 Å². The van der Waals surface area contributed by atoms with Crippen molar-refractivity contribution in [3.8, 4) is 0 Å². The SMILES string of the molecule is CC(C)c1nn(C)c(NCC(O)C(N)=O)c1[N+](=O)[O-]. The zero-order chi connectivity index (χ0) is 14.7. The molecule has 106 valence electrons. The van der Waals surface area contributed by atoms with E-state index in [1.54, 1.807) is 13.8 Å². The number of hydrogen-bond acceptors (Lipinski definition) is 6. The van der Waals surface area contributed by atoms with Gasteiger partial charge >= 0.3 is 5.69 Å². The summed E-state index contributed by atoms with van der Waals surface area (Å²) in [6, 6.07) is 0. The van der Waals surface area contributed by atoms with Crippen molar-refractivity contribution in [3.63, 3.8) is 0 Å². The molecule has 1 unspecified atom stereocenters. The number of anilines is 1. The molecule has 0 saturated heterocycles. The minimum atomic E-state index is -1.42. The monoisotopic (exact) mass is 271 g/mol. The molecule has 0 bridgehead atoms. The summed E-state index contributed by atoms with van der Waals surface area (Å²) in [5.74, 6) is -0.890. The molecule has 1 aromatic rings. The number of aryl methyl sites for hydroxylation is 1. The van der Waals surface area contributed by atoms with E-state index >= 15 is 0 Å². The third-order valence-corrected chi connectivity index (χ3v) is 2.57. The van der Waals surface area contributed by atoms with Crippen LogP contribution >= 0.6 is 0 Å². The Bertz CT molecular complexity index is 496. The summed E-state index contributed by atoms with van der Waals surface area (Å²) >= 11 is 0. The minimum absolute atomic E-state index is 0.122. The number of nitrogens with zero attached hydrogens (tertiary/aromatic N) is 3. The van der Waals surface area contributed by atoms with Gasteiger partial charge in [0.25, 0.3) is 0 Å².